The zero-order chi connectivity index (χ0) is 17.9. The Morgan fingerprint density at radius 3 is 2.28 bits per heavy atom. The van der Waals surface area contributed by atoms with Crippen molar-refractivity contribution in [1.82, 2.24) is 4.72 Å². The molecule has 0 unspecified atom stereocenters. The second kappa shape index (κ2) is 7.68. The summed E-state index contributed by atoms with van der Waals surface area (Å²) in [6.07, 6.45) is 0.815. The minimum atomic E-state index is -3.32. The highest BCUT2D eigenvalue weighted by molar-refractivity contribution is 7.90. The Hall–Kier alpha value is -1.69. The molecule has 2 atom stereocenters. The summed E-state index contributed by atoms with van der Waals surface area (Å²) in [6, 6.07) is 18.4. The van der Waals surface area contributed by atoms with E-state index in [2.05, 4.69) is 41.1 Å². The molecule has 0 spiro atoms. The lowest BCUT2D eigenvalue weighted by Gasteiger charge is -2.33. The molecule has 0 bridgehead atoms. The summed E-state index contributed by atoms with van der Waals surface area (Å²) < 4.78 is 32.9. The van der Waals surface area contributed by atoms with E-state index in [9.17, 15) is 8.42 Å². The van der Waals surface area contributed by atoms with Crippen LogP contribution in [-0.4, -0.2) is 32.9 Å². The van der Waals surface area contributed by atoms with E-state index in [4.69, 9.17) is 4.74 Å². The third-order valence-corrected chi connectivity index (χ3v) is 6.61. The summed E-state index contributed by atoms with van der Waals surface area (Å²) in [7, 11) is -3.32. The van der Waals surface area contributed by atoms with Gasteiger partial charge in [0.15, 0.2) is 0 Å². The normalized spacial score (nSPS) is 21.4. The SMILES string of the molecule is CC(C)S(=O)(=O)N[C@@H]1COCC[C@H]1c1ccc(-c2ccccc2)cc1. The number of nitrogens with one attached hydrogen (secondary N) is 1. The lowest BCUT2D eigenvalue weighted by atomic mass is 9.87. The fourth-order valence-electron chi connectivity index (χ4n) is 3.15. The first-order chi connectivity index (χ1) is 12.0. The Kier molecular flexibility index (Phi) is 5.57. The van der Waals surface area contributed by atoms with Crippen molar-refractivity contribution >= 4 is 10.0 Å². The highest BCUT2D eigenvalue weighted by Crippen LogP contribution is 2.30. The van der Waals surface area contributed by atoms with Gasteiger partial charge in [0.05, 0.1) is 17.9 Å². The topological polar surface area (TPSA) is 55.4 Å². The maximum Gasteiger partial charge on any atom is 0.214 e. The predicted molar refractivity (Wildman–Crippen MR) is 101 cm³/mol. The van der Waals surface area contributed by atoms with Crippen LogP contribution >= 0.6 is 0 Å². The van der Waals surface area contributed by atoms with Crippen LogP contribution in [0.5, 0.6) is 0 Å². The molecule has 0 aliphatic carbocycles. The lowest BCUT2D eigenvalue weighted by Crippen LogP contribution is -2.47. The molecule has 1 saturated heterocycles. The monoisotopic (exact) mass is 359 g/mol. The highest BCUT2D eigenvalue weighted by Gasteiger charge is 2.31. The van der Waals surface area contributed by atoms with Crippen molar-refractivity contribution in [2.45, 2.75) is 37.5 Å². The van der Waals surface area contributed by atoms with E-state index < -0.39 is 15.3 Å². The highest BCUT2D eigenvalue weighted by atomic mass is 32.2. The van der Waals surface area contributed by atoms with E-state index in [1.54, 1.807) is 13.8 Å². The van der Waals surface area contributed by atoms with Crippen LogP contribution in [0.3, 0.4) is 0 Å². The van der Waals surface area contributed by atoms with Gasteiger partial charge in [-0.05, 0) is 37.0 Å². The van der Waals surface area contributed by atoms with Crippen molar-refractivity contribution in [2.24, 2.45) is 0 Å². The van der Waals surface area contributed by atoms with E-state index in [1.807, 2.05) is 18.2 Å². The van der Waals surface area contributed by atoms with Gasteiger partial charge in [0.2, 0.25) is 10.0 Å². The zero-order valence-electron chi connectivity index (χ0n) is 14.7. The van der Waals surface area contributed by atoms with Crippen LogP contribution < -0.4 is 4.72 Å². The lowest BCUT2D eigenvalue weighted by molar-refractivity contribution is 0.0644. The first-order valence-corrected chi connectivity index (χ1v) is 10.3. The summed E-state index contributed by atoms with van der Waals surface area (Å²) in [6.45, 7) is 4.45. The largest absolute Gasteiger partial charge is 0.380 e. The fraction of sp³-hybridized carbons (Fsp3) is 0.400. The van der Waals surface area contributed by atoms with Gasteiger partial charge in [0.1, 0.15) is 0 Å². The molecule has 1 aliphatic rings. The molecule has 0 saturated carbocycles. The van der Waals surface area contributed by atoms with Crippen molar-refractivity contribution < 1.29 is 13.2 Å². The number of hydrogen-bond donors (Lipinski definition) is 1. The van der Waals surface area contributed by atoms with Gasteiger partial charge >= 0.3 is 0 Å². The zero-order valence-corrected chi connectivity index (χ0v) is 15.5. The van der Waals surface area contributed by atoms with E-state index in [-0.39, 0.29) is 12.0 Å². The van der Waals surface area contributed by atoms with Crippen LogP contribution in [-0.2, 0) is 14.8 Å². The third kappa shape index (κ3) is 4.29. The van der Waals surface area contributed by atoms with Gasteiger partial charge in [0, 0.05) is 12.5 Å². The molecule has 1 fully saturated rings. The average Bonchev–Trinajstić information content (AvgIpc) is 2.63. The third-order valence-electron chi connectivity index (χ3n) is 4.74. The number of benzene rings is 2. The van der Waals surface area contributed by atoms with Gasteiger partial charge in [-0.2, -0.15) is 0 Å². The van der Waals surface area contributed by atoms with Crippen LogP contribution in [0.4, 0.5) is 0 Å². The molecule has 5 heteroatoms. The summed E-state index contributed by atoms with van der Waals surface area (Å²) >= 11 is 0. The van der Waals surface area contributed by atoms with E-state index in [0.29, 0.717) is 13.2 Å². The van der Waals surface area contributed by atoms with Crippen LogP contribution in [0.1, 0.15) is 31.7 Å². The number of rotatable bonds is 5. The van der Waals surface area contributed by atoms with Crippen molar-refractivity contribution in [1.29, 1.82) is 0 Å². The van der Waals surface area contributed by atoms with Crippen molar-refractivity contribution in [3.63, 3.8) is 0 Å². The van der Waals surface area contributed by atoms with Crippen molar-refractivity contribution in [3.05, 3.63) is 60.2 Å². The molecule has 0 aromatic heterocycles. The molecule has 2 aromatic rings. The minimum absolute atomic E-state index is 0.132. The van der Waals surface area contributed by atoms with Crippen molar-refractivity contribution in [3.8, 4) is 11.1 Å². The van der Waals surface area contributed by atoms with Gasteiger partial charge < -0.3 is 4.74 Å². The minimum Gasteiger partial charge on any atom is -0.380 e. The second-order valence-electron chi connectivity index (χ2n) is 6.78. The fourth-order valence-corrected chi connectivity index (χ4v) is 4.08. The van der Waals surface area contributed by atoms with Gasteiger partial charge in [-0.3, -0.25) is 0 Å². The number of hydrogen-bond acceptors (Lipinski definition) is 3. The first-order valence-electron chi connectivity index (χ1n) is 8.71. The Morgan fingerprint density at radius 1 is 1.00 bits per heavy atom. The first kappa shape index (κ1) is 18.1. The van der Waals surface area contributed by atoms with Gasteiger partial charge in [-0.25, -0.2) is 13.1 Å². The maximum atomic E-state index is 12.2. The second-order valence-corrected chi connectivity index (χ2v) is 9.04. The van der Waals surface area contributed by atoms with Gasteiger partial charge in [-0.15, -0.1) is 0 Å². The van der Waals surface area contributed by atoms with Gasteiger partial charge in [0.25, 0.3) is 0 Å². The maximum absolute atomic E-state index is 12.2. The molecular formula is C20H25NO3S. The standard InChI is InChI=1S/C20H25NO3S/c1-15(2)25(22,23)21-20-14-24-13-12-19(20)18-10-8-17(9-11-18)16-6-4-3-5-7-16/h3-11,15,19-21H,12-14H2,1-2H3/t19-,20+/m0/s1. The smallest absolute Gasteiger partial charge is 0.214 e. The summed E-state index contributed by atoms with van der Waals surface area (Å²) in [5.74, 6) is 0.132. The van der Waals surface area contributed by atoms with Crippen LogP contribution in [0.25, 0.3) is 11.1 Å². The Labute approximate surface area is 150 Å². The Morgan fingerprint density at radius 2 is 1.64 bits per heavy atom. The average molecular weight is 359 g/mol. The van der Waals surface area contributed by atoms with E-state index in [1.165, 1.54) is 5.56 Å². The Bertz CT molecular complexity index is 785. The summed E-state index contributed by atoms with van der Waals surface area (Å²) in [5, 5.41) is -0.449. The van der Waals surface area contributed by atoms with Crippen molar-refractivity contribution in [2.75, 3.05) is 13.2 Å². The van der Waals surface area contributed by atoms with Crippen LogP contribution in [0.2, 0.25) is 0 Å². The quantitative estimate of drug-likeness (QED) is 0.888. The molecule has 134 valence electrons. The van der Waals surface area contributed by atoms with E-state index in [0.717, 1.165) is 17.5 Å². The molecule has 0 amide bonds. The number of ether oxygens (including phenoxy) is 1. The van der Waals surface area contributed by atoms with E-state index >= 15 is 0 Å². The Balaban J connectivity index is 1.81. The molecule has 3 rings (SSSR count). The molecule has 4 nitrogen and oxygen atoms in total. The molecule has 25 heavy (non-hydrogen) atoms. The van der Waals surface area contributed by atoms with Crippen LogP contribution in [0.15, 0.2) is 54.6 Å². The molecular weight excluding hydrogens is 334 g/mol. The molecule has 1 heterocycles. The summed E-state index contributed by atoms with van der Waals surface area (Å²) in [5.41, 5.74) is 3.49. The number of sulfonamides is 1. The predicted octanol–water partition coefficient (Wildman–Crippen LogP) is 3.55. The molecule has 1 N–H and O–H groups in total. The molecule has 2 aromatic carbocycles. The summed E-state index contributed by atoms with van der Waals surface area (Å²) in [4.78, 5) is 0. The molecule has 0 radical (unpaired) electrons. The van der Waals surface area contributed by atoms with Crippen LogP contribution in [0, 0.1) is 0 Å². The molecule has 1 aliphatic heterocycles. The van der Waals surface area contributed by atoms with Gasteiger partial charge in [-0.1, -0.05) is 54.6 Å².